The van der Waals surface area contributed by atoms with E-state index in [2.05, 4.69) is 5.32 Å². The lowest BCUT2D eigenvalue weighted by atomic mass is 10.1. The third kappa shape index (κ3) is 2.52. The van der Waals surface area contributed by atoms with E-state index < -0.39 is 11.6 Å². The van der Waals surface area contributed by atoms with Gasteiger partial charge in [-0.15, -0.1) is 0 Å². The van der Waals surface area contributed by atoms with Crippen LogP contribution in [-0.2, 0) is 6.42 Å². The van der Waals surface area contributed by atoms with Gasteiger partial charge in [-0.1, -0.05) is 11.6 Å². The Balaban J connectivity index is 3.13. The van der Waals surface area contributed by atoms with Crippen LogP contribution in [0.15, 0.2) is 6.07 Å². The Morgan fingerprint density at radius 1 is 1.60 bits per heavy atom. The number of phenols is 1. The highest BCUT2D eigenvalue weighted by atomic mass is 35.5. The molecule has 0 bridgehead atoms. The number of ether oxygens (including phenoxy) is 1. The number of hydrogen-bond donors (Lipinski definition) is 2. The summed E-state index contributed by atoms with van der Waals surface area (Å²) in [6.07, 6.45) is 0.580. The standard InChI is InChI=1S/C10H13ClFNO2/c1-13-4-3-6-5-7(11)9(14)8(12)10(6)15-2/h5,13-14H,3-4H2,1-2H3. The van der Waals surface area contributed by atoms with Crippen LogP contribution < -0.4 is 10.1 Å². The van der Waals surface area contributed by atoms with Crippen LogP contribution in [0.25, 0.3) is 0 Å². The third-order valence-corrected chi connectivity index (χ3v) is 2.36. The number of hydrogen-bond acceptors (Lipinski definition) is 3. The first kappa shape index (κ1) is 12.1. The highest BCUT2D eigenvalue weighted by Crippen LogP contribution is 2.36. The summed E-state index contributed by atoms with van der Waals surface area (Å²) >= 11 is 5.66. The van der Waals surface area contributed by atoms with Crippen molar-refractivity contribution < 1.29 is 14.2 Å². The fourth-order valence-electron chi connectivity index (χ4n) is 1.31. The molecule has 1 rings (SSSR count). The Hall–Kier alpha value is -1.00. The minimum atomic E-state index is -0.809. The summed E-state index contributed by atoms with van der Waals surface area (Å²) in [6.45, 7) is 0.677. The zero-order valence-corrected chi connectivity index (χ0v) is 9.36. The van der Waals surface area contributed by atoms with E-state index in [1.165, 1.54) is 13.2 Å². The quantitative estimate of drug-likeness (QED) is 0.835. The van der Waals surface area contributed by atoms with Crippen molar-refractivity contribution in [3.8, 4) is 11.5 Å². The molecule has 0 saturated carbocycles. The zero-order chi connectivity index (χ0) is 11.4. The molecule has 0 atom stereocenters. The Labute approximate surface area is 92.8 Å². The molecule has 0 heterocycles. The van der Waals surface area contributed by atoms with Gasteiger partial charge >= 0.3 is 0 Å². The molecule has 0 spiro atoms. The topological polar surface area (TPSA) is 41.5 Å². The minimum absolute atomic E-state index is 0.000553. The molecule has 0 amide bonds. The number of methoxy groups -OCH3 is 1. The largest absolute Gasteiger partial charge is 0.504 e. The van der Waals surface area contributed by atoms with Gasteiger partial charge in [0, 0.05) is 5.56 Å². The fourth-order valence-corrected chi connectivity index (χ4v) is 1.52. The van der Waals surface area contributed by atoms with E-state index in [1.54, 1.807) is 7.05 Å². The first-order valence-electron chi connectivity index (χ1n) is 4.50. The van der Waals surface area contributed by atoms with Gasteiger partial charge in [-0.3, -0.25) is 0 Å². The number of halogens is 2. The maximum Gasteiger partial charge on any atom is 0.208 e. The second-order valence-corrected chi connectivity index (χ2v) is 3.47. The third-order valence-electron chi connectivity index (χ3n) is 2.07. The molecule has 0 unspecified atom stereocenters. The van der Waals surface area contributed by atoms with E-state index in [0.717, 1.165) is 0 Å². The molecular weight excluding hydrogens is 221 g/mol. The van der Waals surface area contributed by atoms with Crippen LogP contribution >= 0.6 is 11.6 Å². The Morgan fingerprint density at radius 2 is 2.27 bits per heavy atom. The summed E-state index contributed by atoms with van der Waals surface area (Å²) in [7, 11) is 3.15. The Morgan fingerprint density at radius 3 is 2.80 bits per heavy atom. The van der Waals surface area contributed by atoms with Crippen LogP contribution in [0.3, 0.4) is 0 Å². The van der Waals surface area contributed by atoms with Crippen molar-refractivity contribution >= 4 is 11.6 Å². The number of nitrogens with one attached hydrogen (secondary N) is 1. The monoisotopic (exact) mass is 233 g/mol. The van der Waals surface area contributed by atoms with Gasteiger partial charge in [0.2, 0.25) is 5.82 Å². The Kier molecular flexibility index (Phi) is 4.17. The van der Waals surface area contributed by atoms with Crippen molar-refractivity contribution in [3.63, 3.8) is 0 Å². The number of benzene rings is 1. The predicted molar refractivity (Wildman–Crippen MR) is 57.3 cm³/mol. The summed E-state index contributed by atoms with van der Waals surface area (Å²) in [5.41, 5.74) is 0.632. The maximum atomic E-state index is 13.5. The second kappa shape index (κ2) is 5.19. The van der Waals surface area contributed by atoms with Gasteiger partial charge in [0.1, 0.15) is 0 Å². The average Bonchev–Trinajstić information content (AvgIpc) is 2.23. The van der Waals surface area contributed by atoms with Gasteiger partial charge in [0.25, 0.3) is 0 Å². The lowest BCUT2D eigenvalue weighted by Gasteiger charge is -2.11. The van der Waals surface area contributed by atoms with Crippen LogP contribution in [0.2, 0.25) is 5.02 Å². The summed E-state index contributed by atoms with van der Waals surface area (Å²) in [5, 5.41) is 12.2. The molecule has 0 aliphatic rings. The van der Waals surface area contributed by atoms with E-state index in [4.69, 9.17) is 16.3 Å². The van der Waals surface area contributed by atoms with Gasteiger partial charge in [-0.25, -0.2) is 0 Å². The molecule has 0 fully saturated rings. The van der Waals surface area contributed by atoms with Crippen LogP contribution in [-0.4, -0.2) is 25.8 Å². The summed E-state index contributed by atoms with van der Waals surface area (Å²) in [5.74, 6) is -1.33. The number of phenolic OH excluding ortho intramolecular Hbond substituents is 1. The van der Waals surface area contributed by atoms with Crippen LogP contribution in [0.1, 0.15) is 5.56 Å². The van der Waals surface area contributed by atoms with Crippen LogP contribution in [0.4, 0.5) is 4.39 Å². The van der Waals surface area contributed by atoms with Gasteiger partial charge in [-0.2, -0.15) is 4.39 Å². The van der Waals surface area contributed by atoms with E-state index >= 15 is 0 Å². The van der Waals surface area contributed by atoms with Crippen molar-refractivity contribution in [3.05, 3.63) is 22.5 Å². The lowest BCUT2D eigenvalue weighted by Crippen LogP contribution is -2.11. The molecule has 3 nitrogen and oxygen atoms in total. The smallest absolute Gasteiger partial charge is 0.208 e. The van der Waals surface area contributed by atoms with Crippen molar-refractivity contribution in [1.82, 2.24) is 5.32 Å². The SMILES string of the molecule is CNCCc1cc(Cl)c(O)c(F)c1OC. The lowest BCUT2D eigenvalue weighted by molar-refractivity contribution is 0.360. The highest BCUT2D eigenvalue weighted by Gasteiger charge is 2.17. The average molecular weight is 234 g/mol. The van der Waals surface area contributed by atoms with Gasteiger partial charge in [-0.05, 0) is 26.1 Å². The molecule has 84 valence electrons. The zero-order valence-electron chi connectivity index (χ0n) is 8.60. The molecule has 1 aromatic rings. The molecule has 0 radical (unpaired) electrons. The summed E-state index contributed by atoms with van der Waals surface area (Å²) in [4.78, 5) is 0. The first-order valence-corrected chi connectivity index (χ1v) is 4.88. The number of aromatic hydroxyl groups is 1. The molecule has 15 heavy (non-hydrogen) atoms. The molecule has 0 aliphatic heterocycles. The molecule has 1 aromatic carbocycles. The number of likely N-dealkylation sites (N-methyl/N-ethyl adjacent to an activating group) is 1. The second-order valence-electron chi connectivity index (χ2n) is 3.07. The molecule has 0 aliphatic carbocycles. The predicted octanol–water partition coefficient (Wildman–Crippen LogP) is 1.96. The first-order chi connectivity index (χ1) is 7.11. The molecule has 0 saturated heterocycles. The van der Waals surface area contributed by atoms with Crippen molar-refractivity contribution in [2.45, 2.75) is 6.42 Å². The minimum Gasteiger partial charge on any atom is -0.504 e. The summed E-state index contributed by atoms with van der Waals surface area (Å²) < 4.78 is 18.4. The fraction of sp³-hybridized carbons (Fsp3) is 0.400. The van der Waals surface area contributed by atoms with Crippen molar-refractivity contribution in [2.24, 2.45) is 0 Å². The van der Waals surface area contributed by atoms with E-state index in [0.29, 0.717) is 18.5 Å². The summed E-state index contributed by atoms with van der Waals surface area (Å²) in [6, 6.07) is 1.51. The van der Waals surface area contributed by atoms with E-state index in [-0.39, 0.29) is 10.8 Å². The number of rotatable bonds is 4. The molecule has 2 N–H and O–H groups in total. The van der Waals surface area contributed by atoms with Gasteiger partial charge in [0.15, 0.2) is 11.5 Å². The van der Waals surface area contributed by atoms with Crippen LogP contribution in [0, 0.1) is 5.82 Å². The van der Waals surface area contributed by atoms with Crippen molar-refractivity contribution in [2.75, 3.05) is 20.7 Å². The molecular formula is C10H13ClFNO2. The van der Waals surface area contributed by atoms with Gasteiger partial charge in [0.05, 0.1) is 12.1 Å². The maximum absolute atomic E-state index is 13.5. The normalized spacial score (nSPS) is 10.4. The van der Waals surface area contributed by atoms with Crippen molar-refractivity contribution in [1.29, 1.82) is 0 Å². The Bertz CT molecular complexity index is 358. The molecule has 5 heteroatoms. The van der Waals surface area contributed by atoms with E-state index in [1.807, 2.05) is 0 Å². The van der Waals surface area contributed by atoms with Gasteiger partial charge < -0.3 is 15.2 Å². The van der Waals surface area contributed by atoms with Crippen LogP contribution in [0.5, 0.6) is 11.5 Å². The van der Waals surface area contributed by atoms with E-state index in [9.17, 15) is 9.50 Å². The molecule has 0 aromatic heterocycles. The highest BCUT2D eigenvalue weighted by molar-refractivity contribution is 6.32.